The van der Waals surface area contributed by atoms with Crippen LogP contribution in [0.2, 0.25) is 0 Å². The van der Waals surface area contributed by atoms with Crippen molar-refractivity contribution in [2.75, 3.05) is 6.61 Å². The number of aliphatic hydroxyl groups is 4. The minimum Gasteiger partial charge on any atom is -0.394 e. The summed E-state index contributed by atoms with van der Waals surface area (Å²) >= 11 is 0. The Labute approximate surface area is 488 Å². The van der Waals surface area contributed by atoms with Gasteiger partial charge < -0.3 is 25.7 Å². The van der Waals surface area contributed by atoms with Crippen molar-refractivity contribution in [2.24, 2.45) is 0 Å². The highest BCUT2D eigenvalue weighted by atomic mass is 16.3. The smallest absolute Gasteiger partial charge is 0.249 e. The van der Waals surface area contributed by atoms with E-state index in [0.29, 0.717) is 12.8 Å². The summed E-state index contributed by atoms with van der Waals surface area (Å²) in [5.41, 5.74) is 0. The molecule has 0 aromatic rings. The summed E-state index contributed by atoms with van der Waals surface area (Å²) in [7, 11) is 0. The summed E-state index contributed by atoms with van der Waals surface area (Å²) in [5, 5.41) is 44.2. The first-order chi connectivity index (χ1) is 38.5. The Hall–Kier alpha value is -1.21. The van der Waals surface area contributed by atoms with Gasteiger partial charge in [0.2, 0.25) is 5.91 Å². The Morgan fingerprint density at radius 3 is 0.769 bits per heavy atom. The topological polar surface area (TPSA) is 110 Å². The van der Waals surface area contributed by atoms with Crippen LogP contribution < -0.4 is 5.32 Å². The van der Waals surface area contributed by atoms with Crippen molar-refractivity contribution < 1.29 is 25.2 Å². The maximum absolute atomic E-state index is 12.7. The Morgan fingerprint density at radius 1 is 0.308 bits per heavy atom. The molecule has 6 nitrogen and oxygen atoms in total. The molecule has 464 valence electrons. The molecule has 0 bridgehead atoms. The van der Waals surface area contributed by atoms with Crippen LogP contribution in [0.15, 0.2) is 24.3 Å². The normalized spacial score (nSPS) is 13.6. The lowest BCUT2D eigenvalue weighted by Crippen LogP contribution is -2.53. The fourth-order valence-electron chi connectivity index (χ4n) is 11.6. The molecule has 0 saturated carbocycles. The summed E-state index contributed by atoms with van der Waals surface area (Å²) in [4.78, 5) is 12.7. The molecule has 78 heavy (non-hydrogen) atoms. The fourth-order valence-corrected chi connectivity index (χ4v) is 11.6. The number of aliphatic hydroxyl groups excluding tert-OH is 4. The van der Waals surface area contributed by atoms with Crippen molar-refractivity contribution in [1.29, 1.82) is 0 Å². The van der Waals surface area contributed by atoms with Crippen molar-refractivity contribution in [3.63, 3.8) is 0 Å². The number of unbranched alkanes of at least 4 members (excludes halogenated alkanes) is 54. The van der Waals surface area contributed by atoms with Crippen LogP contribution in [0.1, 0.15) is 399 Å². The minimum atomic E-state index is -1.28. The zero-order valence-corrected chi connectivity index (χ0v) is 52.9. The number of hydrogen-bond donors (Lipinski definition) is 5. The van der Waals surface area contributed by atoms with E-state index in [4.69, 9.17) is 0 Å². The van der Waals surface area contributed by atoms with E-state index in [2.05, 4.69) is 43.5 Å². The van der Waals surface area contributed by atoms with Gasteiger partial charge in [0.05, 0.1) is 18.8 Å². The Kier molecular flexibility index (Phi) is 65.6. The van der Waals surface area contributed by atoms with Gasteiger partial charge in [0.1, 0.15) is 12.2 Å². The van der Waals surface area contributed by atoms with Gasteiger partial charge in [-0.1, -0.05) is 359 Å². The van der Waals surface area contributed by atoms with E-state index in [1.165, 1.54) is 334 Å². The molecule has 0 aromatic heterocycles. The lowest BCUT2D eigenvalue weighted by Gasteiger charge is -2.27. The summed E-state index contributed by atoms with van der Waals surface area (Å²) in [5.74, 6) is -0.586. The van der Waals surface area contributed by atoms with Gasteiger partial charge in [-0.3, -0.25) is 4.79 Å². The third-order valence-corrected chi connectivity index (χ3v) is 17.1. The molecule has 0 aliphatic heterocycles. The fraction of sp³-hybridized carbons (Fsp3) is 0.931. The molecule has 0 heterocycles. The molecule has 0 rings (SSSR count). The molecular weight excluding hydrogens is 959 g/mol. The molecule has 0 radical (unpaired) electrons. The summed E-state index contributed by atoms with van der Waals surface area (Å²) in [6.07, 6.45) is 84.6. The molecule has 4 atom stereocenters. The molecule has 4 unspecified atom stereocenters. The van der Waals surface area contributed by atoms with Crippen LogP contribution >= 0.6 is 0 Å². The van der Waals surface area contributed by atoms with Crippen LogP contribution in [0, 0.1) is 0 Å². The van der Waals surface area contributed by atoms with Gasteiger partial charge in [-0.25, -0.2) is 0 Å². The summed E-state index contributed by atoms with van der Waals surface area (Å²) in [6.45, 7) is 4.10. The molecule has 6 heteroatoms. The van der Waals surface area contributed by atoms with Crippen LogP contribution in [0.4, 0.5) is 0 Å². The van der Waals surface area contributed by atoms with Gasteiger partial charge in [-0.2, -0.15) is 0 Å². The van der Waals surface area contributed by atoms with Gasteiger partial charge in [0, 0.05) is 0 Å². The molecule has 0 aliphatic rings. The molecule has 0 fully saturated rings. The van der Waals surface area contributed by atoms with Gasteiger partial charge in [-0.15, -0.1) is 0 Å². The minimum absolute atomic E-state index is 0.367. The second kappa shape index (κ2) is 66.6. The second-order valence-electron chi connectivity index (χ2n) is 24.9. The van der Waals surface area contributed by atoms with Crippen molar-refractivity contribution in [3.8, 4) is 0 Å². The Morgan fingerprint density at radius 2 is 0.526 bits per heavy atom. The van der Waals surface area contributed by atoms with E-state index in [9.17, 15) is 25.2 Å². The van der Waals surface area contributed by atoms with Crippen LogP contribution in [0.3, 0.4) is 0 Å². The predicted octanol–water partition coefficient (Wildman–Crippen LogP) is 22.1. The van der Waals surface area contributed by atoms with Gasteiger partial charge >= 0.3 is 0 Å². The first kappa shape index (κ1) is 76.8. The highest BCUT2D eigenvalue weighted by molar-refractivity contribution is 5.80. The van der Waals surface area contributed by atoms with Crippen LogP contribution in [0.25, 0.3) is 0 Å². The van der Waals surface area contributed by atoms with Crippen molar-refractivity contribution >= 4 is 5.91 Å². The molecule has 0 aromatic carbocycles. The molecular formula is C72H141NO5. The van der Waals surface area contributed by atoms with Gasteiger partial charge in [-0.05, 0) is 64.2 Å². The molecule has 0 saturated heterocycles. The lowest BCUT2D eigenvalue weighted by molar-refractivity contribution is -0.132. The largest absolute Gasteiger partial charge is 0.394 e. The van der Waals surface area contributed by atoms with Crippen molar-refractivity contribution in [2.45, 2.75) is 423 Å². The number of carbonyl (C=O) groups is 1. The zero-order chi connectivity index (χ0) is 56.6. The third kappa shape index (κ3) is 59.4. The number of nitrogens with one attached hydrogen (secondary N) is 1. The maximum Gasteiger partial charge on any atom is 0.249 e. The average Bonchev–Trinajstić information content (AvgIpc) is 3.45. The third-order valence-electron chi connectivity index (χ3n) is 17.1. The van der Waals surface area contributed by atoms with Crippen LogP contribution in [-0.2, 0) is 4.79 Å². The average molecular weight is 1100 g/mol. The van der Waals surface area contributed by atoms with Crippen molar-refractivity contribution in [3.05, 3.63) is 24.3 Å². The molecule has 5 N–H and O–H groups in total. The molecule has 0 aliphatic carbocycles. The number of rotatable bonds is 67. The van der Waals surface area contributed by atoms with E-state index in [0.717, 1.165) is 38.5 Å². The molecule has 0 spiro atoms. The number of hydrogen-bond acceptors (Lipinski definition) is 5. The van der Waals surface area contributed by atoms with Crippen LogP contribution in [-0.4, -0.2) is 57.3 Å². The first-order valence-corrected chi connectivity index (χ1v) is 35.7. The lowest BCUT2D eigenvalue weighted by atomic mass is 10.00. The highest BCUT2D eigenvalue weighted by Crippen LogP contribution is 2.19. The van der Waals surface area contributed by atoms with E-state index in [1.807, 2.05) is 0 Å². The quantitative estimate of drug-likeness (QED) is 0.0308. The van der Waals surface area contributed by atoms with Crippen molar-refractivity contribution in [1.82, 2.24) is 5.32 Å². The Bertz CT molecular complexity index is 1190. The highest BCUT2D eigenvalue weighted by Gasteiger charge is 2.28. The standard InChI is InChI=1S/C72H141NO5/c1-3-5-7-9-11-13-15-17-19-21-23-25-27-29-31-33-35-36-38-40-42-44-46-48-50-52-54-56-58-60-62-64-66-70(76)72(78)73-68(67-74)71(77)69(75)65-63-61-59-57-55-53-51-49-47-45-43-41-39-37-34-32-30-28-26-24-22-20-18-16-14-12-10-8-6-4-2/h29,31,57,59,68-71,74-77H,3-28,30,32-56,58,60-67H2,1-2H3,(H,73,78)/b31-29-,59-57+. The Balaban J connectivity index is 3.55. The first-order valence-electron chi connectivity index (χ1n) is 35.7. The van der Waals surface area contributed by atoms with E-state index < -0.39 is 36.9 Å². The van der Waals surface area contributed by atoms with E-state index >= 15 is 0 Å². The van der Waals surface area contributed by atoms with Crippen LogP contribution in [0.5, 0.6) is 0 Å². The summed E-state index contributed by atoms with van der Waals surface area (Å²) < 4.78 is 0. The van der Waals surface area contributed by atoms with E-state index in [-0.39, 0.29) is 0 Å². The SMILES string of the molecule is CCCCCCCCCCCCCC/C=C\CCCCCCCCCCCCCCCCCCC(O)C(=O)NC(CO)C(O)C(O)CCC/C=C/CCCCCCCCCCCCCCCCCCCCCCCCCCC. The van der Waals surface area contributed by atoms with E-state index in [1.54, 1.807) is 0 Å². The van der Waals surface area contributed by atoms with Gasteiger partial charge in [0.25, 0.3) is 0 Å². The summed E-state index contributed by atoms with van der Waals surface area (Å²) in [6, 6.07) is -1.00. The van der Waals surface area contributed by atoms with Gasteiger partial charge in [0.15, 0.2) is 0 Å². The number of amides is 1. The monoisotopic (exact) mass is 1100 g/mol. The molecule has 1 amide bonds. The maximum atomic E-state index is 12.7. The second-order valence-corrected chi connectivity index (χ2v) is 24.9. The number of carbonyl (C=O) groups excluding carboxylic acids is 1. The predicted molar refractivity (Wildman–Crippen MR) is 344 cm³/mol. The zero-order valence-electron chi connectivity index (χ0n) is 52.9. The number of allylic oxidation sites excluding steroid dienone is 4.